The van der Waals surface area contributed by atoms with E-state index in [1.54, 1.807) is 13.8 Å². The monoisotopic (exact) mass is 348 g/mol. The molecule has 1 rings (SSSR count). The molecular formula is C13H17ClN2O5S. The molecule has 0 saturated heterocycles. The smallest absolute Gasteiger partial charge is 0.338 e. The van der Waals surface area contributed by atoms with Gasteiger partial charge in [-0.15, -0.1) is 0 Å². The third-order valence-corrected chi connectivity index (χ3v) is 5.37. The number of esters is 1. The molecule has 1 aromatic carbocycles. The molecular weight excluding hydrogens is 332 g/mol. The van der Waals surface area contributed by atoms with E-state index in [2.05, 4.69) is 4.74 Å². The van der Waals surface area contributed by atoms with Crippen LogP contribution in [-0.4, -0.2) is 44.3 Å². The molecule has 0 fully saturated rings. The molecule has 0 saturated carbocycles. The Bertz CT molecular complexity index is 671. The maximum atomic E-state index is 12.5. The van der Waals surface area contributed by atoms with Crippen molar-refractivity contribution in [1.82, 2.24) is 4.31 Å². The van der Waals surface area contributed by atoms with Gasteiger partial charge in [-0.3, -0.25) is 4.79 Å². The average Bonchev–Trinajstić information content (AvgIpc) is 2.45. The van der Waals surface area contributed by atoms with E-state index in [0.717, 1.165) is 6.07 Å². The quantitative estimate of drug-likeness (QED) is 0.740. The van der Waals surface area contributed by atoms with Gasteiger partial charge in [0.1, 0.15) is 4.90 Å². The molecule has 0 aliphatic rings. The first-order valence-electron chi connectivity index (χ1n) is 6.49. The molecule has 0 aliphatic carbocycles. The van der Waals surface area contributed by atoms with E-state index in [1.165, 1.54) is 16.4 Å². The van der Waals surface area contributed by atoms with Crippen molar-refractivity contribution in [1.29, 1.82) is 0 Å². The molecule has 0 unspecified atom stereocenters. The highest BCUT2D eigenvalue weighted by Gasteiger charge is 2.25. The summed E-state index contributed by atoms with van der Waals surface area (Å²) < 4.78 is 30.8. The second-order valence-electron chi connectivity index (χ2n) is 4.28. The minimum Gasteiger partial charge on any atom is -0.452 e. The first kappa shape index (κ1) is 18.4. The summed E-state index contributed by atoms with van der Waals surface area (Å²) in [7, 11) is -3.82. The van der Waals surface area contributed by atoms with Crippen LogP contribution in [0.4, 0.5) is 0 Å². The Hall–Kier alpha value is -1.64. The number of nitrogens with two attached hydrogens (primary N) is 1. The fourth-order valence-electron chi connectivity index (χ4n) is 1.75. The van der Waals surface area contributed by atoms with Gasteiger partial charge in [0.15, 0.2) is 6.61 Å². The Morgan fingerprint density at radius 1 is 1.27 bits per heavy atom. The van der Waals surface area contributed by atoms with Crippen molar-refractivity contribution < 1.29 is 22.7 Å². The van der Waals surface area contributed by atoms with E-state index >= 15 is 0 Å². The summed E-state index contributed by atoms with van der Waals surface area (Å²) in [6.45, 7) is 3.34. The highest BCUT2D eigenvalue weighted by molar-refractivity contribution is 7.89. The van der Waals surface area contributed by atoms with Crippen LogP contribution >= 0.6 is 11.6 Å². The lowest BCUT2D eigenvalue weighted by Gasteiger charge is -2.19. The normalized spacial score (nSPS) is 11.5. The van der Waals surface area contributed by atoms with Crippen molar-refractivity contribution in [3.8, 4) is 0 Å². The van der Waals surface area contributed by atoms with Crippen molar-refractivity contribution in [2.24, 2.45) is 5.73 Å². The number of rotatable bonds is 7. The predicted octanol–water partition coefficient (Wildman–Crippen LogP) is 1.01. The largest absolute Gasteiger partial charge is 0.452 e. The van der Waals surface area contributed by atoms with Crippen LogP contribution in [0.2, 0.25) is 5.02 Å². The third-order valence-electron chi connectivity index (χ3n) is 2.84. The van der Waals surface area contributed by atoms with Crippen LogP contribution in [-0.2, 0) is 19.6 Å². The van der Waals surface area contributed by atoms with Gasteiger partial charge in [-0.25, -0.2) is 13.2 Å². The molecule has 2 N–H and O–H groups in total. The summed E-state index contributed by atoms with van der Waals surface area (Å²) in [5.41, 5.74) is 4.85. The fraction of sp³-hybridized carbons (Fsp3) is 0.385. The number of amides is 1. The Morgan fingerprint density at radius 3 is 2.36 bits per heavy atom. The Labute approximate surface area is 134 Å². The van der Waals surface area contributed by atoms with E-state index in [0.29, 0.717) is 0 Å². The topological polar surface area (TPSA) is 107 Å². The molecule has 0 heterocycles. The number of primary amides is 1. The molecule has 1 amide bonds. The lowest BCUT2D eigenvalue weighted by molar-refractivity contribution is -0.121. The van der Waals surface area contributed by atoms with Crippen LogP contribution < -0.4 is 5.73 Å². The zero-order chi connectivity index (χ0) is 16.9. The third kappa shape index (κ3) is 4.19. The van der Waals surface area contributed by atoms with Crippen molar-refractivity contribution in [3.63, 3.8) is 0 Å². The van der Waals surface area contributed by atoms with E-state index in [4.69, 9.17) is 17.3 Å². The minimum absolute atomic E-state index is 0.00153. The molecule has 0 radical (unpaired) electrons. The number of nitrogens with zero attached hydrogens (tertiary/aromatic N) is 1. The van der Waals surface area contributed by atoms with Gasteiger partial charge in [0, 0.05) is 13.1 Å². The molecule has 0 aliphatic heterocycles. The van der Waals surface area contributed by atoms with E-state index < -0.39 is 28.5 Å². The van der Waals surface area contributed by atoms with Gasteiger partial charge < -0.3 is 10.5 Å². The molecule has 9 heteroatoms. The van der Waals surface area contributed by atoms with Crippen molar-refractivity contribution in [3.05, 3.63) is 28.8 Å². The molecule has 0 bridgehead atoms. The molecule has 0 atom stereocenters. The maximum absolute atomic E-state index is 12.5. The fourth-order valence-corrected chi connectivity index (χ4v) is 3.71. The van der Waals surface area contributed by atoms with Gasteiger partial charge in [0.2, 0.25) is 10.0 Å². The second kappa shape index (κ2) is 7.57. The molecule has 1 aromatic rings. The van der Waals surface area contributed by atoms with Crippen LogP contribution in [0.15, 0.2) is 23.1 Å². The molecule has 0 spiro atoms. The Morgan fingerprint density at radius 2 is 1.86 bits per heavy atom. The standard InChI is InChI=1S/C13H17ClN2O5S/c1-3-16(4-2)22(19,20)11-7-9(5-6-10(11)14)13(18)21-8-12(15)17/h5-7H,3-4,8H2,1-2H3,(H2,15,17). The summed E-state index contributed by atoms with van der Waals surface area (Å²) in [5.74, 6) is -1.66. The number of halogens is 1. The highest BCUT2D eigenvalue weighted by atomic mass is 35.5. The van der Waals surface area contributed by atoms with Gasteiger partial charge in [-0.2, -0.15) is 4.31 Å². The lowest BCUT2D eigenvalue weighted by Crippen LogP contribution is -2.31. The number of carbonyl (C=O) groups excluding carboxylic acids is 2. The summed E-state index contributed by atoms with van der Waals surface area (Å²) in [5, 5.41) is -0.00153. The van der Waals surface area contributed by atoms with Gasteiger partial charge in [-0.05, 0) is 18.2 Å². The molecule has 22 heavy (non-hydrogen) atoms. The van der Waals surface area contributed by atoms with Crippen molar-refractivity contribution in [2.75, 3.05) is 19.7 Å². The zero-order valence-corrected chi connectivity index (χ0v) is 13.8. The number of hydrogen-bond acceptors (Lipinski definition) is 5. The van der Waals surface area contributed by atoms with Crippen LogP contribution in [0.1, 0.15) is 24.2 Å². The lowest BCUT2D eigenvalue weighted by atomic mass is 10.2. The number of hydrogen-bond donors (Lipinski definition) is 1. The SMILES string of the molecule is CCN(CC)S(=O)(=O)c1cc(C(=O)OCC(N)=O)ccc1Cl. The van der Waals surface area contributed by atoms with Gasteiger partial charge in [0.25, 0.3) is 5.91 Å². The van der Waals surface area contributed by atoms with E-state index in [1.807, 2.05) is 0 Å². The summed E-state index contributed by atoms with van der Waals surface area (Å²) in [4.78, 5) is 22.2. The van der Waals surface area contributed by atoms with Crippen molar-refractivity contribution >= 4 is 33.5 Å². The Kier molecular flexibility index (Phi) is 6.34. The molecule has 122 valence electrons. The number of carbonyl (C=O) groups is 2. The predicted molar refractivity (Wildman–Crippen MR) is 81.0 cm³/mol. The second-order valence-corrected chi connectivity index (χ2v) is 6.59. The Balaban J connectivity index is 3.20. The van der Waals surface area contributed by atoms with Crippen LogP contribution in [0, 0.1) is 0 Å². The van der Waals surface area contributed by atoms with E-state index in [-0.39, 0.29) is 28.6 Å². The van der Waals surface area contributed by atoms with Gasteiger partial charge >= 0.3 is 5.97 Å². The number of ether oxygens (including phenoxy) is 1. The van der Waals surface area contributed by atoms with Gasteiger partial charge in [0.05, 0.1) is 10.6 Å². The average molecular weight is 349 g/mol. The summed E-state index contributed by atoms with van der Waals surface area (Å²) in [6.07, 6.45) is 0. The number of sulfonamides is 1. The van der Waals surface area contributed by atoms with Crippen LogP contribution in [0.3, 0.4) is 0 Å². The summed E-state index contributed by atoms with van der Waals surface area (Å²) in [6, 6.07) is 3.73. The van der Waals surface area contributed by atoms with Crippen LogP contribution in [0.5, 0.6) is 0 Å². The summed E-state index contributed by atoms with van der Waals surface area (Å²) >= 11 is 5.94. The van der Waals surface area contributed by atoms with Crippen LogP contribution in [0.25, 0.3) is 0 Å². The molecule has 7 nitrogen and oxygen atoms in total. The maximum Gasteiger partial charge on any atom is 0.338 e. The highest BCUT2D eigenvalue weighted by Crippen LogP contribution is 2.26. The molecule has 0 aromatic heterocycles. The zero-order valence-electron chi connectivity index (χ0n) is 12.2. The first-order chi connectivity index (χ1) is 10.2. The number of benzene rings is 1. The minimum atomic E-state index is -3.82. The van der Waals surface area contributed by atoms with E-state index in [9.17, 15) is 18.0 Å². The van der Waals surface area contributed by atoms with Gasteiger partial charge in [-0.1, -0.05) is 25.4 Å². The first-order valence-corrected chi connectivity index (χ1v) is 8.31. The van der Waals surface area contributed by atoms with Crippen molar-refractivity contribution in [2.45, 2.75) is 18.7 Å².